The fraction of sp³-hybridized carbons (Fsp3) is 0.600. The van der Waals surface area contributed by atoms with E-state index in [1.807, 2.05) is 19.1 Å². The molecular weight excluding hydrogens is 276 g/mol. The minimum Gasteiger partial charge on any atom is -0.471 e. The van der Waals surface area contributed by atoms with E-state index in [9.17, 15) is 9.59 Å². The summed E-state index contributed by atoms with van der Waals surface area (Å²) in [5, 5.41) is 0. The first-order valence-corrected chi connectivity index (χ1v) is 7.14. The number of ether oxygens (including phenoxy) is 4. The molecule has 112 valence electrons. The van der Waals surface area contributed by atoms with Gasteiger partial charge in [-0.05, 0) is 12.5 Å². The maximum absolute atomic E-state index is 12.1. The molecule has 0 amide bonds. The first-order valence-electron chi connectivity index (χ1n) is 7.14. The molecule has 1 aliphatic carbocycles. The molecule has 0 unspecified atom stereocenters. The summed E-state index contributed by atoms with van der Waals surface area (Å²) >= 11 is 0. The summed E-state index contributed by atoms with van der Waals surface area (Å²) in [6, 6.07) is 0. The largest absolute Gasteiger partial charge is 0.471 e. The van der Waals surface area contributed by atoms with Gasteiger partial charge >= 0.3 is 11.9 Å². The van der Waals surface area contributed by atoms with Crippen LogP contribution in [-0.4, -0.2) is 37.0 Å². The van der Waals surface area contributed by atoms with Gasteiger partial charge in [0.25, 0.3) is 0 Å². The summed E-state index contributed by atoms with van der Waals surface area (Å²) in [7, 11) is 1.33. The zero-order valence-corrected chi connectivity index (χ0v) is 11.8. The van der Waals surface area contributed by atoms with Gasteiger partial charge in [0.1, 0.15) is 6.10 Å². The minimum atomic E-state index is -0.805. The van der Waals surface area contributed by atoms with Gasteiger partial charge in [0, 0.05) is 5.92 Å². The van der Waals surface area contributed by atoms with Crippen molar-refractivity contribution in [2.24, 2.45) is 17.8 Å². The van der Waals surface area contributed by atoms with Crippen LogP contribution in [-0.2, 0) is 28.5 Å². The molecule has 1 spiro atoms. The summed E-state index contributed by atoms with van der Waals surface area (Å²) < 4.78 is 22.0. The minimum absolute atomic E-state index is 0.204. The topological polar surface area (TPSA) is 71.1 Å². The summed E-state index contributed by atoms with van der Waals surface area (Å²) in [5.74, 6) is -1.38. The quantitative estimate of drug-likeness (QED) is 0.557. The molecule has 2 saturated heterocycles. The van der Waals surface area contributed by atoms with Gasteiger partial charge in [-0.3, -0.25) is 4.79 Å². The highest BCUT2D eigenvalue weighted by atomic mass is 16.7. The van der Waals surface area contributed by atoms with E-state index in [1.54, 1.807) is 0 Å². The van der Waals surface area contributed by atoms with Crippen molar-refractivity contribution in [3.8, 4) is 0 Å². The Labute approximate surface area is 121 Å². The fourth-order valence-electron chi connectivity index (χ4n) is 4.03. The molecule has 0 radical (unpaired) electrons. The van der Waals surface area contributed by atoms with Gasteiger partial charge < -0.3 is 18.9 Å². The van der Waals surface area contributed by atoms with Crippen molar-refractivity contribution in [3.05, 3.63) is 24.0 Å². The van der Waals surface area contributed by atoms with Crippen molar-refractivity contribution in [3.63, 3.8) is 0 Å². The first kappa shape index (κ1) is 12.9. The molecule has 0 aromatic carbocycles. The third-order valence-corrected chi connectivity index (χ3v) is 4.99. The van der Waals surface area contributed by atoms with Crippen LogP contribution in [0.5, 0.6) is 0 Å². The number of hydrogen-bond donors (Lipinski definition) is 0. The summed E-state index contributed by atoms with van der Waals surface area (Å²) in [4.78, 5) is 23.9. The van der Waals surface area contributed by atoms with Crippen LogP contribution in [0.25, 0.3) is 0 Å². The van der Waals surface area contributed by atoms with E-state index < -0.39 is 17.9 Å². The second kappa shape index (κ2) is 4.10. The smallest absolute Gasteiger partial charge is 0.337 e. The van der Waals surface area contributed by atoms with Crippen molar-refractivity contribution < 1.29 is 28.5 Å². The lowest BCUT2D eigenvalue weighted by atomic mass is 9.77. The molecule has 0 N–H and O–H groups in total. The molecule has 4 aliphatic rings. The monoisotopic (exact) mass is 292 g/mol. The third kappa shape index (κ3) is 1.41. The predicted octanol–water partition coefficient (Wildman–Crippen LogP) is 0.922. The second-order valence-corrected chi connectivity index (χ2v) is 5.83. The lowest BCUT2D eigenvalue weighted by Gasteiger charge is -2.32. The van der Waals surface area contributed by atoms with Gasteiger partial charge in [0.15, 0.2) is 5.60 Å². The van der Waals surface area contributed by atoms with Crippen LogP contribution in [0.3, 0.4) is 0 Å². The van der Waals surface area contributed by atoms with Crippen LogP contribution >= 0.6 is 0 Å². The third-order valence-electron chi connectivity index (χ3n) is 4.99. The van der Waals surface area contributed by atoms with E-state index in [2.05, 4.69) is 0 Å². The van der Waals surface area contributed by atoms with E-state index >= 15 is 0 Å². The summed E-state index contributed by atoms with van der Waals surface area (Å²) in [5.41, 5.74) is -0.368. The SMILES string of the molecule is CC[C@@H]1C(=O)O[C@@]23C=C[C@H]4C(C(=O)OC)=CO[C@H](O[C@@H]12)[C@@H]43. The summed E-state index contributed by atoms with van der Waals surface area (Å²) in [6.07, 6.45) is 4.99. The molecular formula is C15H16O6. The Kier molecular flexibility index (Phi) is 2.52. The Balaban J connectivity index is 1.74. The molecule has 21 heavy (non-hydrogen) atoms. The molecule has 3 aliphatic heterocycles. The zero-order chi connectivity index (χ0) is 14.8. The number of allylic oxidation sites excluding steroid dienone is 1. The van der Waals surface area contributed by atoms with Crippen molar-refractivity contribution in [1.29, 1.82) is 0 Å². The number of rotatable bonds is 2. The van der Waals surface area contributed by atoms with E-state index in [-0.39, 0.29) is 29.8 Å². The van der Waals surface area contributed by atoms with E-state index in [1.165, 1.54) is 13.4 Å². The van der Waals surface area contributed by atoms with Crippen molar-refractivity contribution in [2.45, 2.75) is 31.3 Å². The van der Waals surface area contributed by atoms with Crippen LogP contribution in [0.1, 0.15) is 13.3 Å². The van der Waals surface area contributed by atoms with Crippen LogP contribution in [0.4, 0.5) is 0 Å². The molecule has 6 nitrogen and oxygen atoms in total. The molecule has 3 heterocycles. The number of esters is 2. The highest BCUT2D eigenvalue weighted by Gasteiger charge is 2.71. The molecule has 0 aromatic heterocycles. The maximum Gasteiger partial charge on any atom is 0.337 e. The zero-order valence-electron chi connectivity index (χ0n) is 11.8. The van der Waals surface area contributed by atoms with Gasteiger partial charge in [-0.1, -0.05) is 13.0 Å². The molecule has 2 fully saturated rings. The highest BCUT2D eigenvalue weighted by Crippen LogP contribution is 2.58. The number of carbonyl (C=O) groups excluding carboxylic acids is 2. The molecule has 0 saturated carbocycles. The van der Waals surface area contributed by atoms with Crippen molar-refractivity contribution >= 4 is 11.9 Å². The van der Waals surface area contributed by atoms with E-state index in [0.717, 1.165) is 0 Å². The standard InChI is InChI=1S/C15H16O6/c1-3-7-11-15(21-13(7)17)5-4-8-9(12(16)18-2)6-19-14(20-11)10(8)15/h4-8,10-11,14H,3H2,1-2H3/t7-,8-,10+,11-,14+,15+/m0/s1. The lowest BCUT2D eigenvalue weighted by Crippen LogP contribution is -2.43. The van der Waals surface area contributed by atoms with E-state index in [0.29, 0.717) is 12.0 Å². The molecule has 4 rings (SSSR count). The average Bonchev–Trinajstić information content (AvgIpc) is 3.08. The average molecular weight is 292 g/mol. The van der Waals surface area contributed by atoms with Gasteiger partial charge in [0.2, 0.25) is 6.29 Å². The van der Waals surface area contributed by atoms with Gasteiger partial charge in [-0.15, -0.1) is 0 Å². The van der Waals surface area contributed by atoms with Crippen molar-refractivity contribution in [2.75, 3.05) is 7.11 Å². The van der Waals surface area contributed by atoms with Crippen LogP contribution in [0.15, 0.2) is 24.0 Å². The lowest BCUT2D eigenvalue weighted by molar-refractivity contribution is -0.162. The Bertz CT molecular complexity index is 579. The number of hydrogen-bond acceptors (Lipinski definition) is 6. The van der Waals surface area contributed by atoms with Gasteiger partial charge in [0.05, 0.1) is 30.8 Å². The molecule has 6 heteroatoms. The van der Waals surface area contributed by atoms with Crippen LogP contribution in [0, 0.1) is 17.8 Å². The Morgan fingerprint density at radius 2 is 2.29 bits per heavy atom. The van der Waals surface area contributed by atoms with Crippen LogP contribution < -0.4 is 0 Å². The van der Waals surface area contributed by atoms with Crippen LogP contribution in [0.2, 0.25) is 0 Å². The molecule has 0 aromatic rings. The van der Waals surface area contributed by atoms with Crippen molar-refractivity contribution in [1.82, 2.24) is 0 Å². The first-order chi connectivity index (χ1) is 10.1. The van der Waals surface area contributed by atoms with Gasteiger partial charge in [-0.25, -0.2) is 4.79 Å². The fourth-order valence-corrected chi connectivity index (χ4v) is 4.03. The van der Waals surface area contributed by atoms with E-state index in [4.69, 9.17) is 18.9 Å². The predicted molar refractivity (Wildman–Crippen MR) is 68.6 cm³/mol. The normalized spacial score (nSPS) is 45.5. The maximum atomic E-state index is 12.1. The number of carbonyl (C=O) groups is 2. The Morgan fingerprint density at radius 1 is 1.48 bits per heavy atom. The molecule has 0 bridgehead atoms. The highest BCUT2D eigenvalue weighted by molar-refractivity contribution is 5.90. The summed E-state index contributed by atoms with van der Waals surface area (Å²) in [6.45, 7) is 1.94. The molecule has 6 atom stereocenters. The van der Waals surface area contributed by atoms with Gasteiger partial charge in [-0.2, -0.15) is 0 Å². The number of methoxy groups -OCH3 is 1. The Hall–Kier alpha value is -1.82. The Morgan fingerprint density at radius 3 is 3.00 bits per heavy atom. The second-order valence-electron chi connectivity index (χ2n) is 5.83.